The highest BCUT2D eigenvalue weighted by Crippen LogP contribution is 2.14. The zero-order valence-corrected chi connectivity index (χ0v) is 10.8. The number of methoxy groups -OCH3 is 1. The second-order valence-electron chi connectivity index (χ2n) is 3.89. The SMILES string of the molecule is COC(=O)CN(C)C(=O)C(C(N)=S)C(C)C. The van der Waals surface area contributed by atoms with Crippen LogP contribution in [0.15, 0.2) is 0 Å². The van der Waals surface area contributed by atoms with Gasteiger partial charge in [-0.05, 0) is 5.92 Å². The third-order valence-corrected chi connectivity index (χ3v) is 2.46. The molecule has 0 fully saturated rings. The summed E-state index contributed by atoms with van der Waals surface area (Å²) in [4.78, 5) is 24.4. The topological polar surface area (TPSA) is 72.6 Å². The maximum absolute atomic E-state index is 11.9. The molecule has 0 aromatic rings. The average Bonchev–Trinajstić information content (AvgIpc) is 2.16. The molecule has 2 N–H and O–H groups in total. The number of amides is 1. The van der Waals surface area contributed by atoms with Gasteiger partial charge in [-0.25, -0.2) is 0 Å². The molecule has 0 aromatic carbocycles. The van der Waals surface area contributed by atoms with Crippen LogP contribution in [-0.2, 0) is 14.3 Å². The Kier molecular flexibility index (Phi) is 5.95. The minimum absolute atomic E-state index is 0.00472. The van der Waals surface area contributed by atoms with Crippen molar-refractivity contribution in [2.75, 3.05) is 20.7 Å². The highest BCUT2D eigenvalue weighted by Gasteiger charge is 2.28. The molecule has 0 aliphatic carbocycles. The Morgan fingerprint density at radius 1 is 1.44 bits per heavy atom. The summed E-state index contributed by atoms with van der Waals surface area (Å²) in [5.74, 6) is -1.26. The van der Waals surface area contributed by atoms with Crippen LogP contribution in [0.5, 0.6) is 0 Å². The molecule has 0 aliphatic rings. The fourth-order valence-electron chi connectivity index (χ4n) is 1.31. The maximum atomic E-state index is 11.9. The fourth-order valence-corrected chi connectivity index (χ4v) is 1.68. The molecule has 0 saturated heterocycles. The van der Waals surface area contributed by atoms with Crippen molar-refractivity contribution in [2.24, 2.45) is 17.6 Å². The van der Waals surface area contributed by atoms with E-state index in [0.29, 0.717) is 0 Å². The van der Waals surface area contributed by atoms with Gasteiger partial charge in [0, 0.05) is 7.05 Å². The van der Waals surface area contributed by atoms with E-state index >= 15 is 0 Å². The Morgan fingerprint density at radius 3 is 2.25 bits per heavy atom. The van der Waals surface area contributed by atoms with Crippen LogP contribution in [0, 0.1) is 11.8 Å². The Balaban J connectivity index is 4.62. The molecule has 0 aromatic heterocycles. The van der Waals surface area contributed by atoms with Gasteiger partial charge in [-0.15, -0.1) is 0 Å². The lowest BCUT2D eigenvalue weighted by atomic mass is 9.94. The lowest BCUT2D eigenvalue weighted by molar-refractivity contribution is -0.147. The molecule has 0 aliphatic heterocycles. The summed E-state index contributed by atoms with van der Waals surface area (Å²) < 4.78 is 4.47. The van der Waals surface area contributed by atoms with E-state index < -0.39 is 11.9 Å². The first-order valence-electron chi connectivity index (χ1n) is 4.92. The molecule has 1 unspecified atom stereocenters. The molecule has 0 rings (SSSR count). The number of rotatable bonds is 5. The number of hydrogen-bond donors (Lipinski definition) is 1. The second kappa shape index (κ2) is 6.42. The number of esters is 1. The molecule has 0 radical (unpaired) electrons. The Bertz CT molecular complexity index is 292. The molecule has 1 atom stereocenters. The van der Waals surface area contributed by atoms with Crippen LogP contribution < -0.4 is 5.73 Å². The Labute approximate surface area is 101 Å². The summed E-state index contributed by atoms with van der Waals surface area (Å²) >= 11 is 4.84. The van der Waals surface area contributed by atoms with Crippen LogP contribution in [-0.4, -0.2) is 42.5 Å². The monoisotopic (exact) mass is 246 g/mol. The van der Waals surface area contributed by atoms with Crippen LogP contribution in [0.1, 0.15) is 13.8 Å². The lowest BCUT2D eigenvalue weighted by Crippen LogP contribution is -2.43. The maximum Gasteiger partial charge on any atom is 0.325 e. The third-order valence-electron chi connectivity index (χ3n) is 2.21. The van der Waals surface area contributed by atoms with Crippen LogP contribution in [0.25, 0.3) is 0 Å². The van der Waals surface area contributed by atoms with E-state index in [0.717, 1.165) is 0 Å². The van der Waals surface area contributed by atoms with E-state index in [2.05, 4.69) is 4.74 Å². The highest BCUT2D eigenvalue weighted by molar-refractivity contribution is 7.80. The third kappa shape index (κ3) is 4.14. The molecule has 0 heterocycles. The van der Waals surface area contributed by atoms with Gasteiger partial charge < -0.3 is 15.4 Å². The smallest absolute Gasteiger partial charge is 0.325 e. The summed E-state index contributed by atoms with van der Waals surface area (Å²) in [7, 11) is 2.79. The first-order valence-corrected chi connectivity index (χ1v) is 5.33. The molecule has 0 spiro atoms. The van der Waals surface area contributed by atoms with Gasteiger partial charge in [0.15, 0.2) is 0 Å². The molecular weight excluding hydrogens is 228 g/mol. The number of likely N-dealkylation sites (N-methyl/N-ethyl adjacent to an activating group) is 1. The van der Waals surface area contributed by atoms with E-state index in [1.165, 1.54) is 19.1 Å². The van der Waals surface area contributed by atoms with E-state index in [1.807, 2.05) is 13.8 Å². The zero-order chi connectivity index (χ0) is 12.9. The minimum atomic E-state index is -0.537. The van der Waals surface area contributed by atoms with Gasteiger partial charge in [0.05, 0.1) is 18.0 Å². The van der Waals surface area contributed by atoms with Crippen LogP contribution in [0.4, 0.5) is 0 Å². The highest BCUT2D eigenvalue weighted by atomic mass is 32.1. The molecule has 0 bridgehead atoms. The van der Waals surface area contributed by atoms with Crippen molar-refractivity contribution in [3.63, 3.8) is 0 Å². The lowest BCUT2D eigenvalue weighted by Gasteiger charge is -2.24. The zero-order valence-electron chi connectivity index (χ0n) is 10.0. The van der Waals surface area contributed by atoms with Gasteiger partial charge in [0.2, 0.25) is 5.91 Å². The Hall–Kier alpha value is -1.17. The van der Waals surface area contributed by atoms with E-state index in [-0.39, 0.29) is 23.4 Å². The van der Waals surface area contributed by atoms with Crippen molar-refractivity contribution in [1.82, 2.24) is 4.90 Å². The fraction of sp³-hybridized carbons (Fsp3) is 0.700. The number of nitrogens with two attached hydrogens (primary N) is 1. The first kappa shape index (κ1) is 14.8. The molecule has 92 valence electrons. The molecule has 5 nitrogen and oxygen atoms in total. The normalized spacial score (nSPS) is 12.1. The van der Waals surface area contributed by atoms with Gasteiger partial charge in [-0.2, -0.15) is 0 Å². The molecule has 0 saturated carbocycles. The number of carbonyl (C=O) groups excluding carboxylic acids is 2. The summed E-state index contributed by atoms with van der Waals surface area (Å²) in [5.41, 5.74) is 5.51. The molecule has 16 heavy (non-hydrogen) atoms. The number of ether oxygens (including phenoxy) is 1. The van der Waals surface area contributed by atoms with Crippen LogP contribution in [0.2, 0.25) is 0 Å². The number of thiocarbonyl (C=S) groups is 1. The minimum Gasteiger partial charge on any atom is -0.468 e. The van der Waals surface area contributed by atoms with Gasteiger partial charge in [0.25, 0.3) is 0 Å². The van der Waals surface area contributed by atoms with Gasteiger partial charge in [0.1, 0.15) is 6.54 Å². The summed E-state index contributed by atoms with van der Waals surface area (Å²) in [6, 6.07) is 0. The molecular formula is C10H18N2O3S. The van der Waals surface area contributed by atoms with Crippen molar-refractivity contribution in [3.8, 4) is 0 Å². The molecule has 6 heteroatoms. The summed E-state index contributed by atoms with van der Waals surface area (Å²) in [5, 5.41) is 0. The number of carbonyl (C=O) groups is 2. The average molecular weight is 246 g/mol. The van der Waals surface area contributed by atoms with E-state index in [1.54, 1.807) is 0 Å². The van der Waals surface area contributed by atoms with E-state index in [9.17, 15) is 9.59 Å². The predicted octanol–water partition coefficient (Wildman–Crippen LogP) is 0.176. The van der Waals surface area contributed by atoms with Crippen molar-refractivity contribution < 1.29 is 14.3 Å². The van der Waals surface area contributed by atoms with E-state index in [4.69, 9.17) is 18.0 Å². The largest absolute Gasteiger partial charge is 0.468 e. The Morgan fingerprint density at radius 2 is 1.94 bits per heavy atom. The van der Waals surface area contributed by atoms with Gasteiger partial charge >= 0.3 is 5.97 Å². The number of nitrogens with zero attached hydrogens (tertiary/aromatic N) is 1. The molecule has 1 amide bonds. The van der Waals surface area contributed by atoms with Crippen LogP contribution >= 0.6 is 12.2 Å². The first-order chi connectivity index (χ1) is 7.31. The second-order valence-corrected chi connectivity index (χ2v) is 4.37. The summed E-state index contributed by atoms with van der Waals surface area (Å²) in [6.45, 7) is 3.61. The van der Waals surface area contributed by atoms with Crippen molar-refractivity contribution in [1.29, 1.82) is 0 Å². The van der Waals surface area contributed by atoms with Crippen molar-refractivity contribution in [3.05, 3.63) is 0 Å². The standard InChI is InChI=1S/C10H18N2O3S/c1-6(2)8(9(11)16)10(14)12(3)5-7(13)15-4/h6,8H,5H2,1-4H3,(H2,11,16). The van der Waals surface area contributed by atoms with Crippen molar-refractivity contribution >= 4 is 29.1 Å². The van der Waals surface area contributed by atoms with Gasteiger partial charge in [-0.1, -0.05) is 26.1 Å². The van der Waals surface area contributed by atoms with Crippen molar-refractivity contribution in [2.45, 2.75) is 13.8 Å². The quantitative estimate of drug-likeness (QED) is 0.553. The van der Waals surface area contributed by atoms with Gasteiger partial charge in [-0.3, -0.25) is 9.59 Å². The van der Waals surface area contributed by atoms with Crippen LogP contribution in [0.3, 0.4) is 0 Å². The summed E-state index contributed by atoms with van der Waals surface area (Å²) in [6.07, 6.45) is 0. The predicted molar refractivity (Wildman–Crippen MR) is 64.8 cm³/mol. The number of hydrogen-bond acceptors (Lipinski definition) is 4.